The molecule has 1 unspecified atom stereocenters. The molecule has 0 aromatic carbocycles. The highest BCUT2D eigenvalue weighted by Crippen LogP contribution is 2.06. The molecule has 0 aromatic heterocycles. The Balaban J connectivity index is 2.26. The first kappa shape index (κ1) is 21.0. The number of hydrogen-bond donors (Lipinski definition) is 1. The molecule has 1 heterocycles. The zero-order valence-corrected chi connectivity index (χ0v) is 16.4. The maximum Gasteiger partial charge on any atom is 0.193 e. The average Bonchev–Trinajstić information content (AvgIpc) is 2.62. The molecule has 1 atom stereocenters. The van der Waals surface area contributed by atoms with Crippen LogP contribution in [-0.2, 0) is 0 Å². The number of hydrogen-bond acceptors (Lipinski definition) is 3. The standard InChI is InChI=1S/C19H39N5/c1-6-8-9-10-11-12-22(5)19(20-4)21-17-18(3)24-15-13-23(7-2)14-16-24/h6,18H,1,7-17H2,2-5H3,(H,20,21). The fourth-order valence-corrected chi connectivity index (χ4v) is 3.19. The lowest BCUT2D eigenvalue weighted by molar-refractivity contribution is 0.107. The SMILES string of the molecule is C=CCCCCCN(C)C(=NC)NCC(C)N1CCN(CC)CC1. The monoisotopic (exact) mass is 337 g/mol. The van der Waals surface area contributed by atoms with E-state index >= 15 is 0 Å². The lowest BCUT2D eigenvalue weighted by Crippen LogP contribution is -2.53. The topological polar surface area (TPSA) is 34.1 Å². The molecule has 1 N–H and O–H groups in total. The zero-order chi connectivity index (χ0) is 17.8. The van der Waals surface area contributed by atoms with Gasteiger partial charge in [0, 0.05) is 59.4 Å². The van der Waals surface area contributed by atoms with Gasteiger partial charge in [0.05, 0.1) is 0 Å². The van der Waals surface area contributed by atoms with Crippen molar-refractivity contribution < 1.29 is 0 Å². The maximum absolute atomic E-state index is 4.43. The predicted octanol–water partition coefficient (Wildman–Crippen LogP) is 2.27. The summed E-state index contributed by atoms with van der Waals surface area (Å²) in [6, 6.07) is 0.543. The Bertz CT molecular complexity index is 361. The second kappa shape index (κ2) is 12.3. The van der Waals surface area contributed by atoms with Gasteiger partial charge < -0.3 is 15.1 Å². The van der Waals surface area contributed by atoms with Crippen molar-refractivity contribution in [2.24, 2.45) is 4.99 Å². The highest BCUT2D eigenvalue weighted by atomic mass is 15.3. The molecule has 1 saturated heterocycles. The molecule has 1 aliphatic rings. The number of nitrogens with one attached hydrogen (secondary N) is 1. The normalized spacial score (nSPS) is 18.4. The molecule has 0 aromatic rings. The number of allylic oxidation sites excluding steroid dienone is 1. The number of nitrogens with zero attached hydrogens (tertiary/aromatic N) is 4. The molecule has 0 radical (unpaired) electrons. The largest absolute Gasteiger partial charge is 0.355 e. The first-order valence-corrected chi connectivity index (χ1v) is 9.61. The van der Waals surface area contributed by atoms with Crippen LogP contribution in [0.15, 0.2) is 17.6 Å². The molecule has 140 valence electrons. The van der Waals surface area contributed by atoms with Crippen LogP contribution >= 0.6 is 0 Å². The van der Waals surface area contributed by atoms with Crippen LogP contribution in [0.3, 0.4) is 0 Å². The molecule has 1 aliphatic heterocycles. The Morgan fingerprint density at radius 3 is 2.54 bits per heavy atom. The zero-order valence-electron chi connectivity index (χ0n) is 16.4. The van der Waals surface area contributed by atoms with E-state index in [1.807, 2.05) is 13.1 Å². The van der Waals surface area contributed by atoms with Gasteiger partial charge in [-0.05, 0) is 32.7 Å². The number of piperazine rings is 1. The van der Waals surface area contributed by atoms with Gasteiger partial charge >= 0.3 is 0 Å². The van der Waals surface area contributed by atoms with Gasteiger partial charge in [0.2, 0.25) is 0 Å². The predicted molar refractivity (Wildman–Crippen MR) is 106 cm³/mol. The fourth-order valence-electron chi connectivity index (χ4n) is 3.19. The molecule has 0 spiro atoms. The van der Waals surface area contributed by atoms with Crippen molar-refractivity contribution in [3.05, 3.63) is 12.7 Å². The van der Waals surface area contributed by atoms with Crippen LogP contribution in [0.25, 0.3) is 0 Å². The van der Waals surface area contributed by atoms with Gasteiger partial charge in [-0.25, -0.2) is 0 Å². The second-order valence-electron chi connectivity index (χ2n) is 6.81. The second-order valence-corrected chi connectivity index (χ2v) is 6.81. The highest BCUT2D eigenvalue weighted by Gasteiger charge is 2.20. The summed E-state index contributed by atoms with van der Waals surface area (Å²) < 4.78 is 0. The number of likely N-dealkylation sites (N-methyl/N-ethyl adjacent to an activating group) is 1. The van der Waals surface area contributed by atoms with Crippen molar-refractivity contribution in [3.63, 3.8) is 0 Å². The Kier molecular flexibility index (Phi) is 10.8. The molecular weight excluding hydrogens is 298 g/mol. The number of aliphatic imine (C=N–C) groups is 1. The van der Waals surface area contributed by atoms with Gasteiger partial charge in [-0.1, -0.05) is 19.4 Å². The summed E-state index contributed by atoms with van der Waals surface area (Å²) in [5.41, 5.74) is 0. The van der Waals surface area contributed by atoms with Crippen molar-refractivity contribution in [2.75, 3.05) is 59.9 Å². The van der Waals surface area contributed by atoms with Crippen molar-refractivity contribution in [3.8, 4) is 0 Å². The number of guanidine groups is 1. The summed E-state index contributed by atoms with van der Waals surface area (Å²) in [5, 5.41) is 3.55. The van der Waals surface area contributed by atoms with E-state index in [1.165, 1.54) is 52.0 Å². The lowest BCUT2D eigenvalue weighted by atomic mass is 10.2. The minimum absolute atomic E-state index is 0.543. The van der Waals surface area contributed by atoms with Crippen LogP contribution in [0.2, 0.25) is 0 Å². The van der Waals surface area contributed by atoms with Gasteiger partial charge in [0.15, 0.2) is 5.96 Å². The minimum atomic E-state index is 0.543. The molecule has 0 saturated carbocycles. The van der Waals surface area contributed by atoms with E-state index < -0.39 is 0 Å². The van der Waals surface area contributed by atoms with Gasteiger partial charge in [-0.3, -0.25) is 9.89 Å². The van der Waals surface area contributed by atoms with Gasteiger partial charge in [0.25, 0.3) is 0 Å². The third-order valence-electron chi connectivity index (χ3n) is 5.01. The number of unbranched alkanes of at least 4 members (excludes halogenated alkanes) is 3. The van der Waals surface area contributed by atoms with E-state index in [-0.39, 0.29) is 0 Å². The maximum atomic E-state index is 4.43. The molecule has 0 amide bonds. The quantitative estimate of drug-likeness (QED) is 0.287. The van der Waals surface area contributed by atoms with Crippen LogP contribution in [-0.4, -0.2) is 86.6 Å². The number of rotatable bonds is 10. The molecule has 5 nitrogen and oxygen atoms in total. The summed E-state index contributed by atoms with van der Waals surface area (Å²) in [6.45, 7) is 16.3. The van der Waals surface area contributed by atoms with E-state index in [0.717, 1.165) is 25.5 Å². The Hall–Kier alpha value is -1.07. The lowest BCUT2D eigenvalue weighted by Gasteiger charge is -2.38. The van der Waals surface area contributed by atoms with Crippen molar-refractivity contribution >= 4 is 5.96 Å². The summed E-state index contributed by atoms with van der Waals surface area (Å²) in [4.78, 5) is 11.8. The van der Waals surface area contributed by atoms with E-state index in [1.54, 1.807) is 0 Å². The summed E-state index contributed by atoms with van der Waals surface area (Å²) in [6.07, 6.45) is 6.83. The minimum Gasteiger partial charge on any atom is -0.355 e. The van der Waals surface area contributed by atoms with Crippen molar-refractivity contribution in [1.29, 1.82) is 0 Å². The van der Waals surface area contributed by atoms with Crippen LogP contribution in [0.1, 0.15) is 39.5 Å². The average molecular weight is 338 g/mol. The Morgan fingerprint density at radius 2 is 1.96 bits per heavy atom. The Morgan fingerprint density at radius 1 is 1.25 bits per heavy atom. The van der Waals surface area contributed by atoms with E-state index in [4.69, 9.17) is 0 Å². The molecule has 1 fully saturated rings. The van der Waals surface area contributed by atoms with Crippen LogP contribution in [0.5, 0.6) is 0 Å². The van der Waals surface area contributed by atoms with Gasteiger partial charge in [-0.2, -0.15) is 0 Å². The highest BCUT2D eigenvalue weighted by molar-refractivity contribution is 5.79. The summed E-state index contributed by atoms with van der Waals surface area (Å²) >= 11 is 0. The third-order valence-corrected chi connectivity index (χ3v) is 5.01. The molecule has 0 bridgehead atoms. The van der Waals surface area contributed by atoms with Gasteiger partial charge in [-0.15, -0.1) is 6.58 Å². The van der Waals surface area contributed by atoms with Crippen molar-refractivity contribution in [2.45, 2.75) is 45.6 Å². The molecule has 24 heavy (non-hydrogen) atoms. The first-order valence-electron chi connectivity index (χ1n) is 9.61. The Labute approximate surface area is 149 Å². The van der Waals surface area contributed by atoms with E-state index in [2.05, 4.69) is 52.5 Å². The smallest absolute Gasteiger partial charge is 0.193 e. The van der Waals surface area contributed by atoms with Crippen LogP contribution in [0.4, 0.5) is 0 Å². The third kappa shape index (κ3) is 7.67. The van der Waals surface area contributed by atoms with Crippen molar-refractivity contribution in [1.82, 2.24) is 20.0 Å². The molecular formula is C19H39N5. The molecule has 1 rings (SSSR count). The summed E-state index contributed by atoms with van der Waals surface area (Å²) in [5.74, 6) is 1.01. The van der Waals surface area contributed by atoms with Crippen LogP contribution in [0, 0.1) is 0 Å². The van der Waals surface area contributed by atoms with Gasteiger partial charge in [0.1, 0.15) is 0 Å². The van der Waals surface area contributed by atoms with E-state index in [0.29, 0.717) is 6.04 Å². The van der Waals surface area contributed by atoms with Crippen LogP contribution < -0.4 is 5.32 Å². The van der Waals surface area contributed by atoms with E-state index in [9.17, 15) is 0 Å². The molecule has 0 aliphatic carbocycles. The summed E-state index contributed by atoms with van der Waals surface area (Å²) in [7, 11) is 4.01. The first-order chi connectivity index (χ1) is 11.6. The molecule has 5 heteroatoms. The fraction of sp³-hybridized carbons (Fsp3) is 0.842.